The van der Waals surface area contributed by atoms with E-state index in [0.29, 0.717) is 12.1 Å². The van der Waals surface area contributed by atoms with Crippen molar-refractivity contribution in [2.75, 3.05) is 10.6 Å². The van der Waals surface area contributed by atoms with Crippen LogP contribution < -0.4 is 10.6 Å². The Morgan fingerprint density at radius 3 is 2.63 bits per heavy atom. The minimum absolute atomic E-state index is 0.00171. The van der Waals surface area contributed by atoms with Crippen LogP contribution in [0.3, 0.4) is 0 Å². The fourth-order valence-corrected chi connectivity index (χ4v) is 1.45. The van der Waals surface area contributed by atoms with Crippen LogP contribution in [0, 0.1) is 5.82 Å². The van der Waals surface area contributed by atoms with Crippen LogP contribution in [-0.2, 0) is 9.59 Å². The van der Waals surface area contributed by atoms with Crippen molar-refractivity contribution >= 4 is 23.2 Å². The molecule has 6 heteroatoms. The number of hydrogen-bond donors (Lipinski definition) is 3. The summed E-state index contributed by atoms with van der Waals surface area (Å²) in [4.78, 5) is 22.4. The summed E-state index contributed by atoms with van der Waals surface area (Å²) in [5, 5.41) is 14.0. The van der Waals surface area contributed by atoms with Crippen LogP contribution in [0.4, 0.5) is 15.8 Å². The number of amides is 2. The standard InChI is InChI=1S/C13H17FN2O3/c1-8(17)3-6-13(19)16-12-7-10(15-9(2)18)4-5-11(12)14/h4-5,7-8,17H,3,6H2,1-2H3,(H,15,18)(H,16,19). The Labute approximate surface area is 110 Å². The molecule has 1 unspecified atom stereocenters. The van der Waals surface area contributed by atoms with E-state index >= 15 is 0 Å². The van der Waals surface area contributed by atoms with Crippen molar-refractivity contribution in [1.82, 2.24) is 0 Å². The second-order valence-electron chi connectivity index (χ2n) is 4.31. The Balaban J connectivity index is 2.71. The van der Waals surface area contributed by atoms with Gasteiger partial charge in [0.2, 0.25) is 11.8 Å². The van der Waals surface area contributed by atoms with Crippen LogP contribution >= 0.6 is 0 Å². The monoisotopic (exact) mass is 268 g/mol. The van der Waals surface area contributed by atoms with Crippen LogP contribution in [0.1, 0.15) is 26.7 Å². The van der Waals surface area contributed by atoms with Gasteiger partial charge in [-0.25, -0.2) is 4.39 Å². The number of rotatable bonds is 5. The topological polar surface area (TPSA) is 78.4 Å². The third-order valence-corrected chi connectivity index (χ3v) is 2.35. The molecule has 0 fully saturated rings. The average molecular weight is 268 g/mol. The molecule has 1 rings (SSSR count). The Hall–Kier alpha value is -1.95. The molecule has 0 radical (unpaired) electrons. The largest absolute Gasteiger partial charge is 0.393 e. The Morgan fingerprint density at radius 1 is 1.37 bits per heavy atom. The summed E-state index contributed by atoms with van der Waals surface area (Å²) in [6, 6.07) is 3.91. The lowest BCUT2D eigenvalue weighted by atomic mass is 10.2. The van der Waals surface area contributed by atoms with Gasteiger partial charge in [-0.15, -0.1) is 0 Å². The first-order chi connectivity index (χ1) is 8.88. The summed E-state index contributed by atoms with van der Waals surface area (Å²) in [5.41, 5.74) is 0.404. The number of aliphatic hydroxyl groups is 1. The highest BCUT2D eigenvalue weighted by Crippen LogP contribution is 2.20. The predicted molar refractivity (Wildman–Crippen MR) is 70.2 cm³/mol. The number of aliphatic hydroxyl groups excluding tert-OH is 1. The van der Waals surface area contributed by atoms with Gasteiger partial charge in [-0.3, -0.25) is 9.59 Å². The summed E-state index contributed by atoms with van der Waals surface area (Å²) < 4.78 is 13.5. The minimum Gasteiger partial charge on any atom is -0.393 e. The van der Waals surface area contributed by atoms with Gasteiger partial charge in [0.1, 0.15) is 5.82 Å². The second-order valence-corrected chi connectivity index (χ2v) is 4.31. The van der Waals surface area contributed by atoms with E-state index in [-0.39, 0.29) is 23.9 Å². The molecule has 0 saturated heterocycles. The van der Waals surface area contributed by atoms with Gasteiger partial charge in [0, 0.05) is 19.0 Å². The first kappa shape index (κ1) is 15.1. The van der Waals surface area contributed by atoms with Crippen molar-refractivity contribution in [3.8, 4) is 0 Å². The summed E-state index contributed by atoms with van der Waals surface area (Å²) in [6.07, 6.45) is -0.179. The van der Waals surface area contributed by atoms with Crippen molar-refractivity contribution in [3.05, 3.63) is 24.0 Å². The number of carbonyl (C=O) groups is 2. The number of halogens is 1. The van der Waals surface area contributed by atoms with Crippen LogP contribution in [0.5, 0.6) is 0 Å². The molecule has 1 aromatic rings. The molecule has 0 bridgehead atoms. The lowest BCUT2D eigenvalue weighted by molar-refractivity contribution is -0.116. The van der Waals surface area contributed by atoms with Crippen LogP contribution in [0.25, 0.3) is 0 Å². The van der Waals surface area contributed by atoms with Gasteiger partial charge in [0.15, 0.2) is 0 Å². The van der Waals surface area contributed by atoms with Crippen molar-refractivity contribution < 1.29 is 19.1 Å². The van der Waals surface area contributed by atoms with E-state index in [1.807, 2.05) is 0 Å². The number of nitrogens with one attached hydrogen (secondary N) is 2. The van der Waals surface area contributed by atoms with Gasteiger partial charge < -0.3 is 15.7 Å². The minimum atomic E-state index is -0.584. The molecule has 0 aliphatic carbocycles. The Morgan fingerprint density at radius 2 is 2.05 bits per heavy atom. The molecule has 0 aliphatic heterocycles. The highest BCUT2D eigenvalue weighted by atomic mass is 19.1. The maximum Gasteiger partial charge on any atom is 0.224 e. The highest BCUT2D eigenvalue weighted by molar-refractivity contribution is 5.93. The van der Waals surface area contributed by atoms with Gasteiger partial charge in [0.05, 0.1) is 11.8 Å². The summed E-state index contributed by atoms with van der Waals surface area (Å²) in [5.74, 6) is -1.25. The molecule has 3 N–H and O–H groups in total. The third kappa shape index (κ3) is 5.48. The van der Waals surface area contributed by atoms with Gasteiger partial charge in [0.25, 0.3) is 0 Å². The van der Waals surface area contributed by atoms with Crippen LogP contribution in [0.15, 0.2) is 18.2 Å². The zero-order valence-electron chi connectivity index (χ0n) is 10.9. The molecule has 19 heavy (non-hydrogen) atoms. The van der Waals surface area contributed by atoms with Crippen molar-refractivity contribution in [1.29, 1.82) is 0 Å². The van der Waals surface area contributed by atoms with Crippen LogP contribution in [0.2, 0.25) is 0 Å². The fraction of sp³-hybridized carbons (Fsp3) is 0.385. The van der Waals surface area contributed by atoms with Crippen molar-refractivity contribution in [2.45, 2.75) is 32.8 Å². The lowest BCUT2D eigenvalue weighted by Crippen LogP contribution is -2.15. The second kappa shape index (κ2) is 6.84. The first-order valence-corrected chi connectivity index (χ1v) is 5.93. The number of hydrogen-bond acceptors (Lipinski definition) is 3. The molecule has 1 atom stereocenters. The van der Waals surface area contributed by atoms with E-state index in [1.165, 1.54) is 19.1 Å². The molecule has 0 spiro atoms. The van der Waals surface area contributed by atoms with E-state index in [2.05, 4.69) is 10.6 Å². The maximum absolute atomic E-state index is 13.5. The van der Waals surface area contributed by atoms with Gasteiger partial charge in [-0.1, -0.05) is 0 Å². The smallest absolute Gasteiger partial charge is 0.224 e. The van der Waals surface area contributed by atoms with E-state index in [9.17, 15) is 14.0 Å². The summed E-state index contributed by atoms with van der Waals surface area (Å²) >= 11 is 0. The van der Waals surface area contributed by atoms with Crippen LogP contribution in [-0.4, -0.2) is 23.0 Å². The molecule has 5 nitrogen and oxygen atoms in total. The van der Waals surface area contributed by atoms with Gasteiger partial charge in [-0.2, -0.15) is 0 Å². The normalized spacial score (nSPS) is 11.8. The zero-order valence-corrected chi connectivity index (χ0v) is 10.9. The summed E-state index contributed by atoms with van der Waals surface area (Å²) in [6.45, 7) is 2.91. The van der Waals surface area contributed by atoms with E-state index in [1.54, 1.807) is 6.92 Å². The highest BCUT2D eigenvalue weighted by Gasteiger charge is 2.09. The Kier molecular flexibility index (Phi) is 5.44. The number of anilines is 2. The first-order valence-electron chi connectivity index (χ1n) is 5.93. The molecular weight excluding hydrogens is 251 g/mol. The molecule has 1 aromatic carbocycles. The quantitative estimate of drug-likeness (QED) is 0.763. The molecule has 0 saturated carbocycles. The van der Waals surface area contributed by atoms with Gasteiger partial charge >= 0.3 is 0 Å². The SMILES string of the molecule is CC(=O)Nc1ccc(F)c(NC(=O)CCC(C)O)c1. The number of benzene rings is 1. The molecule has 0 aromatic heterocycles. The predicted octanol–water partition coefficient (Wildman–Crippen LogP) is 1.88. The van der Waals surface area contributed by atoms with Gasteiger partial charge in [-0.05, 0) is 31.5 Å². The lowest BCUT2D eigenvalue weighted by Gasteiger charge is -2.09. The van der Waals surface area contributed by atoms with E-state index in [0.717, 1.165) is 6.07 Å². The third-order valence-electron chi connectivity index (χ3n) is 2.35. The molecule has 0 heterocycles. The van der Waals surface area contributed by atoms with E-state index in [4.69, 9.17) is 5.11 Å². The number of carbonyl (C=O) groups excluding carboxylic acids is 2. The zero-order chi connectivity index (χ0) is 14.4. The molecule has 0 aliphatic rings. The van der Waals surface area contributed by atoms with E-state index < -0.39 is 11.9 Å². The fourth-order valence-electron chi connectivity index (χ4n) is 1.45. The Bertz CT molecular complexity index is 475. The molecular formula is C13H17FN2O3. The molecule has 2 amide bonds. The summed E-state index contributed by atoms with van der Waals surface area (Å²) in [7, 11) is 0. The van der Waals surface area contributed by atoms with Crippen molar-refractivity contribution in [2.24, 2.45) is 0 Å². The average Bonchev–Trinajstić information content (AvgIpc) is 2.30. The maximum atomic E-state index is 13.5. The molecule has 104 valence electrons. The van der Waals surface area contributed by atoms with Crippen molar-refractivity contribution in [3.63, 3.8) is 0 Å².